The minimum absolute atomic E-state index is 0.0659. The van der Waals surface area contributed by atoms with Crippen molar-refractivity contribution in [1.29, 1.82) is 0 Å². The second-order valence-corrected chi connectivity index (χ2v) is 7.59. The summed E-state index contributed by atoms with van der Waals surface area (Å²) in [5.41, 5.74) is 0.257. The van der Waals surface area contributed by atoms with Crippen LogP contribution in [0.3, 0.4) is 0 Å². The SMILES string of the molecule is CCCCCC[C@@H](C#C[C@]1(C)CC[C@H](COC)C1(C)C)OC. The molecule has 0 N–H and O–H groups in total. The van der Waals surface area contributed by atoms with Gasteiger partial charge in [0.1, 0.15) is 6.10 Å². The Labute approximate surface area is 138 Å². The van der Waals surface area contributed by atoms with Crippen molar-refractivity contribution < 1.29 is 9.47 Å². The second-order valence-electron chi connectivity index (χ2n) is 7.59. The van der Waals surface area contributed by atoms with E-state index in [1.807, 2.05) is 0 Å². The monoisotopic (exact) mass is 308 g/mol. The summed E-state index contributed by atoms with van der Waals surface area (Å²) in [5, 5.41) is 0. The molecule has 0 aromatic carbocycles. The third kappa shape index (κ3) is 4.74. The summed E-state index contributed by atoms with van der Waals surface area (Å²) in [6.45, 7) is 10.1. The molecule has 0 bridgehead atoms. The van der Waals surface area contributed by atoms with Crippen LogP contribution in [-0.4, -0.2) is 26.9 Å². The van der Waals surface area contributed by atoms with Gasteiger partial charge < -0.3 is 9.47 Å². The summed E-state index contributed by atoms with van der Waals surface area (Å²) in [6.07, 6.45) is 8.61. The zero-order valence-corrected chi connectivity index (χ0v) is 15.6. The smallest absolute Gasteiger partial charge is 0.117 e. The Morgan fingerprint density at radius 2 is 1.86 bits per heavy atom. The van der Waals surface area contributed by atoms with Crippen molar-refractivity contribution in [2.75, 3.05) is 20.8 Å². The molecule has 0 amide bonds. The maximum Gasteiger partial charge on any atom is 0.117 e. The van der Waals surface area contributed by atoms with Crippen LogP contribution in [0.15, 0.2) is 0 Å². The van der Waals surface area contributed by atoms with Crippen molar-refractivity contribution in [1.82, 2.24) is 0 Å². The minimum atomic E-state index is 0.0659. The highest BCUT2D eigenvalue weighted by atomic mass is 16.5. The molecule has 0 aromatic rings. The summed E-state index contributed by atoms with van der Waals surface area (Å²) >= 11 is 0. The minimum Gasteiger partial charge on any atom is -0.384 e. The van der Waals surface area contributed by atoms with Gasteiger partial charge in [0.2, 0.25) is 0 Å². The zero-order chi connectivity index (χ0) is 16.6. The maximum atomic E-state index is 5.58. The number of rotatable bonds is 8. The molecule has 0 aliphatic heterocycles. The number of unbranched alkanes of at least 4 members (excludes halogenated alkanes) is 3. The van der Waals surface area contributed by atoms with Gasteiger partial charge in [-0.15, -0.1) is 0 Å². The van der Waals surface area contributed by atoms with Gasteiger partial charge >= 0.3 is 0 Å². The topological polar surface area (TPSA) is 18.5 Å². The predicted molar refractivity (Wildman–Crippen MR) is 93.8 cm³/mol. The number of methoxy groups -OCH3 is 2. The molecule has 1 fully saturated rings. The molecule has 1 aliphatic carbocycles. The molecule has 3 atom stereocenters. The molecule has 0 radical (unpaired) electrons. The summed E-state index contributed by atoms with van der Waals surface area (Å²) in [4.78, 5) is 0. The lowest BCUT2D eigenvalue weighted by Gasteiger charge is -2.38. The fraction of sp³-hybridized carbons (Fsp3) is 0.900. The molecule has 1 saturated carbocycles. The van der Waals surface area contributed by atoms with Crippen LogP contribution < -0.4 is 0 Å². The molecule has 0 aromatic heterocycles. The van der Waals surface area contributed by atoms with Gasteiger partial charge in [-0.25, -0.2) is 0 Å². The average molecular weight is 309 g/mol. The van der Waals surface area contributed by atoms with Crippen molar-refractivity contribution in [3.05, 3.63) is 0 Å². The number of hydrogen-bond donors (Lipinski definition) is 0. The van der Waals surface area contributed by atoms with E-state index in [1.54, 1.807) is 14.2 Å². The quantitative estimate of drug-likeness (QED) is 0.461. The molecule has 2 nitrogen and oxygen atoms in total. The lowest BCUT2D eigenvalue weighted by molar-refractivity contribution is 0.0653. The summed E-state index contributed by atoms with van der Waals surface area (Å²) in [6, 6.07) is 0. The van der Waals surface area contributed by atoms with Gasteiger partial charge in [0, 0.05) is 26.2 Å². The van der Waals surface area contributed by atoms with Crippen LogP contribution in [0.1, 0.15) is 72.6 Å². The highest BCUT2D eigenvalue weighted by molar-refractivity contribution is 5.21. The van der Waals surface area contributed by atoms with E-state index in [0.717, 1.165) is 19.4 Å². The van der Waals surface area contributed by atoms with Gasteiger partial charge in [0.05, 0.1) is 0 Å². The Bertz CT molecular complexity index is 377. The van der Waals surface area contributed by atoms with Crippen molar-refractivity contribution >= 4 is 0 Å². The van der Waals surface area contributed by atoms with Crippen molar-refractivity contribution in [2.45, 2.75) is 78.7 Å². The Morgan fingerprint density at radius 3 is 2.45 bits per heavy atom. The fourth-order valence-electron chi connectivity index (χ4n) is 3.56. The lowest BCUT2D eigenvalue weighted by atomic mass is 9.66. The Balaban J connectivity index is 2.67. The summed E-state index contributed by atoms with van der Waals surface area (Å²) in [5.74, 6) is 7.63. The highest BCUT2D eigenvalue weighted by Gasteiger charge is 2.50. The van der Waals surface area contributed by atoms with E-state index in [1.165, 1.54) is 32.1 Å². The molecule has 0 spiro atoms. The first kappa shape index (κ1) is 19.5. The maximum absolute atomic E-state index is 5.58. The van der Waals surface area contributed by atoms with Crippen molar-refractivity contribution in [3.8, 4) is 11.8 Å². The van der Waals surface area contributed by atoms with E-state index in [9.17, 15) is 0 Å². The van der Waals surface area contributed by atoms with Crippen molar-refractivity contribution in [2.24, 2.45) is 16.7 Å². The van der Waals surface area contributed by atoms with Gasteiger partial charge in [0.15, 0.2) is 0 Å². The molecule has 22 heavy (non-hydrogen) atoms. The Morgan fingerprint density at radius 1 is 1.14 bits per heavy atom. The molecule has 0 unspecified atom stereocenters. The van der Waals surface area contributed by atoms with E-state index >= 15 is 0 Å². The first-order chi connectivity index (χ1) is 10.4. The third-order valence-electron chi connectivity index (χ3n) is 5.92. The molecular formula is C20H36O2. The number of hydrogen-bond acceptors (Lipinski definition) is 2. The highest BCUT2D eigenvalue weighted by Crippen LogP contribution is 2.55. The van der Waals surface area contributed by atoms with Crippen LogP contribution in [0.4, 0.5) is 0 Å². The molecule has 2 heteroatoms. The molecule has 0 heterocycles. The predicted octanol–water partition coefficient (Wildman–Crippen LogP) is 5.06. The average Bonchev–Trinajstić information content (AvgIpc) is 2.71. The van der Waals surface area contributed by atoms with Crippen LogP contribution in [0, 0.1) is 28.6 Å². The standard InChI is InChI=1S/C20H36O2/c1-7-8-9-10-11-18(22-6)13-15-20(4)14-12-17(16-21-5)19(20,2)3/h17-18H,7-12,14,16H2,1-6H3/t17-,18+,20+/m1/s1. The number of ether oxygens (including phenoxy) is 2. The second kappa shape index (κ2) is 8.94. The van der Waals surface area contributed by atoms with Crippen LogP contribution in [0.2, 0.25) is 0 Å². The molecule has 128 valence electrons. The van der Waals surface area contributed by atoms with E-state index in [0.29, 0.717) is 5.92 Å². The fourth-order valence-corrected chi connectivity index (χ4v) is 3.56. The zero-order valence-electron chi connectivity index (χ0n) is 15.6. The van der Waals surface area contributed by atoms with Crippen LogP contribution in [0.25, 0.3) is 0 Å². The van der Waals surface area contributed by atoms with Gasteiger partial charge in [0.25, 0.3) is 0 Å². The normalized spacial score (nSPS) is 28.2. The first-order valence-electron chi connectivity index (χ1n) is 8.95. The van der Waals surface area contributed by atoms with Crippen LogP contribution in [-0.2, 0) is 9.47 Å². The van der Waals surface area contributed by atoms with Crippen LogP contribution in [0.5, 0.6) is 0 Å². The van der Waals surface area contributed by atoms with Gasteiger partial charge in [-0.3, -0.25) is 0 Å². The van der Waals surface area contributed by atoms with Crippen molar-refractivity contribution in [3.63, 3.8) is 0 Å². The molecule has 1 aliphatic rings. The molecule has 0 saturated heterocycles. The van der Waals surface area contributed by atoms with E-state index in [2.05, 4.69) is 39.5 Å². The third-order valence-corrected chi connectivity index (χ3v) is 5.92. The summed E-state index contributed by atoms with van der Waals surface area (Å²) < 4.78 is 11.0. The lowest BCUT2D eigenvalue weighted by Crippen LogP contribution is -2.35. The Kier molecular flexibility index (Phi) is 7.94. The van der Waals surface area contributed by atoms with Gasteiger partial charge in [-0.05, 0) is 43.9 Å². The van der Waals surface area contributed by atoms with E-state index in [4.69, 9.17) is 9.47 Å². The van der Waals surface area contributed by atoms with Gasteiger partial charge in [-0.1, -0.05) is 51.9 Å². The molecular weight excluding hydrogens is 272 g/mol. The Hall–Kier alpha value is -0.520. The van der Waals surface area contributed by atoms with Gasteiger partial charge in [-0.2, -0.15) is 0 Å². The largest absolute Gasteiger partial charge is 0.384 e. The van der Waals surface area contributed by atoms with E-state index in [-0.39, 0.29) is 16.9 Å². The van der Waals surface area contributed by atoms with E-state index < -0.39 is 0 Å². The first-order valence-corrected chi connectivity index (χ1v) is 8.95. The summed E-state index contributed by atoms with van der Waals surface area (Å²) in [7, 11) is 3.59. The molecule has 1 rings (SSSR count). The van der Waals surface area contributed by atoms with Crippen LogP contribution >= 0.6 is 0 Å².